The van der Waals surface area contributed by atoms with Crippen molar-refractivity contribution < 1.29 is 47.4 Å². The molecule has 3 aromatic rings. The van der Waals surface area contributed by atoms with Crippen LogP contribution in [0.3, 0.4) is 0 Å². The third-order valence-electron chi connectivity index (χ3n) is 9.19. The van der Waals surface area contributed by atoms with Gasteiger partial charge in [-0.3, -0.25) is 4.79 Å². The van der Waals surface area contributed by atoms with Gasteiger partial charge in [0.15, 0.2) is 24.0 Å². The van der Waals surface area contributed by atoms with Crippen LogP contribution in [-0.4, -0.2) is 73.7 Å². The van der Waals surface area contributed by atoms with Gasteiger partial charge < -0.3 is 42.6 Å². The molecule has 10 nitrogen and oxygen atoms in total. The average molecular weight is 703 g/mol. The summed E-state index contributed by atoms with van der Waals surface area (Å²) in [6.07, 6.45) is -2.67. The molecule has 3 fully saturated rings. The van der Waals surface area contributed by atoms with E-state index in [0.29, 0.717) is 19.8 Å². The van der Waals surface area contributed by atoms with Crippen molar-refractivity contribution in [1.82, 2.24) is 0 Å². The number of ether oxygens (including phenoxy) is 9. The van der Waals surface area contributed by atoms with Crippen molar-refractivity contribution in [3.05, 3.63) is 120 Å². The van der Waals surface area contributed by atoms with Crippen LogP contribution in [-0.2, 0) is 67.2 Å². The first kappa shape index (κ1) is 37.3. The van der Waals surface area contributed by atoms with E-state index in [9.17, 15) is 4.79 Å². The molecular formula is C41H50O10. The Morgan fingerprint density at radius 2 is 1.37 bits per heavy atom. The Hall–Kier alpha value is -3.45. The molecule has 3 aromatic carbocycles. The van der Waals surface area contributed by atoms with Crippen LogP contribution in [0, 0.1) is 5.92 Å². The standard InChI is InChI=1S/C41H50O10/c1-6-32(44-24-29-18-12-8-13-19-29)38(45-25-30-20-14-9-15-21-30)33(26-43-23-28-16-10-7-11-17-28)47-35(42)22-31-36(34-27-46-40(2,3)49-34)48-39-37(31)50-41(4,5)51-39/h6-21,31-34,36-39H,1,22-27H2,2-5H3/t31-,32-,33-,34-,36+,37-,38+,39-/m1/s1. The number of hydrogen-bond donors (Lipinski definition) is 0. The quantitative estimate of drug-likeness (QED) is 0.114. The number of rotatable bonds is 17. The van der Waals surface area contributed by atoms with Crippen LogP contribution in [0.25, 0.3) is 0 Å². The van der Waals surface area contributed by atoms with Gasteiger partial charge in [-0.05, 0) is 44.4 Å². The zero-order chi connectivity index (χ0) is 35.8. The molecule has 51 heavy (non-hydrogen) atoms. The van der Waals surface area contributed by atoms with Gasteiger partial charge in [-0.1, -0.05) is 97.1 Å². The molecule has 0 amide bonds. The Morgan fingerprint density at radius 1 is 0.784 bits per heavy atom. The molecule has 3 aliphatic rings. The predicted octanol–water partition coefficient (Wildman–Crippen LogP) is 6.51. The van der Waals surface area contributed by atoms with E-state index in [2.05, 4.69) is 6.58 Å². The van der Waals surface area contributed by atoms with E-state index in [1.807, 2.05) is 119 Å². The van der Waals surface area contributed by atoms with Crippen LogP contribution in [0.15, 0.2) is 104 Å². The number of esters is 1. The van der Waals surface area contributed by atoms with E-state index >= 15 is 0 Å². The van der Waals surface area contributed by atoms with E-state index in [1.165, 1.54) is 0 Å². The minimum atomic E-state index is -0.869. The predicted molar refractivity (Wildman–Crippen MR) is 188 cm³/mol. The van der Waals surface area contributed by atoms with E-state index in [1.54, 1.807) is 6.08 Å². The van der Waals surface area contributed by atoms with Crippen molar-refractivity contribution in [2.45, 2.75) is 108 Å². The lowest BCUT2D eigenvalue weighted by atomic mass is 9.91. The van der Waals surface area contributed by atoms with Crippen LogP contribution < -0.4 is 0 Å². The topological polar surface area (TPSA) is 100 Å². The molecular weight excluding hydrogens is 652 g/mol. The molecule has 0 unspecified atom stereocenters. The second-order valence-electron chi connectivity index (χ2n) is 14.1. The largest absolute Gasteiger partial charge is 0.457 e. The fourth-order valence-corrected chi connectivity index (χ4v) is 6.78. The zero-order valence-corrected chi connectivity index (χ0v) is 29.9. The van der Waals surface area contributed by atoms with E-state index in [-0.39, 0.29) is 19.6 Å². The minimum absolute atomic E-state index is 0.0181. The molecule has 8 atom stereocenters. The summed E-state index contributed by atoms with van der Waals surface area (Å²) in [4.78, 5) is 14.1. The van der Waals surface area contributed by atoms with Crippen molar-refractivity contribution in [3.63, 3.8) is 0 Å². The van der Waals surface area contributed by atoms with Crippen LogP contribution in [0.1, 0.15) is 50.8 Å². The Morgan fingerprint density at radius 3 is 1.94 bits per heavy atom. The van der Waals surface area contributed by atoms with Crippen LogP contribution in [0.5, 0.6) is 0 Å². The molecule has 0 aromatic heterocycles. The molecule has 3 saturated heterocycles. The maximum Gasteiger partial charge on any atom is 0.306 e. The van der Waals surface area contributed by atoms with Gasteiger partial charge in [0.25, 0.3) is 0 Å². The lowest BCUT2D eigenvalue weighted by Crippen LogP contribution is -2.46. The van der Waals surface area contributed by atoms with Crippen molar-refractivity contribution in [1.29, 1.82) is 0 Å². The average Bonchev–Trinajstić information content (AvgIpc) is 3.75. The Bertz CT molecular complexity index is 1530. The summed E-state index contributed by atoms with van der Waals surface area (Å²) in [5, 5.41) is 0. The number of hydrogen-bond acceptors (Lipinski definition) is 10. The van der Waals surface area contributed by atoms with Gasteiger partial charge in [-0.15, -0.1) is 6.58 Å². The summed E-state index contributed by atoms with van der Waals surface area (Å²) >= 11 is 0. The molecule has 0 spiro atoms. The molecule has 0 radical (unpaired) electrons. The first-order valence-electron chi connectivity index (χ1n) is 17.7. The Balaban J connectivity index is 1.23. The summed E-state index contributed by atoms with van der Waals surface area (Å²) in [5.74, 6) is -2.53. The maximum atomic E-state index is 14.1. The monoisotopic (exact) mass is 702 g/mol. The van der Waals surface area contributed by atoms with Crippen LogP contribution in [0.4, 0.5) is 0 Å². The Kier molecular flexibility index (Phi) is 12.4. The number of carbonyl (C=O) groups is 1. The highest BCUT2D eigenvalue weighted by Gasteiger charge is 2.58. The second kappa shape index (κ2) is 16.9. The smallest absolute Gasteiger partial charge is 0.306 e. The van der Waals surface area contributed by atoms with Gasteiger partial charge in [0.1, 0.15) is 24.4 Å². The molecule has 274 valence electrons. The minimum Gasteiger partial charge on any atom is -0.457 e. The normalized spacial score (nSPS) is 26.6. The van der Waals surface area contributed by atoms with Crippen LogP contribution in [0.2, 0.25) is 0 Å². The summed E-state index contributed by atoms with van der Waals surface area (Å²) in [6, 6.07) is 29.5. The van der Waals surface area contributed by atoms with Gasteiger partial charge in [-0.25, -0.2) is 0 Å². The molecule has 6 rings (SSSR count). The molecule has 0 N–H and O–H groups in total. The third-order valence-corrected chi connectivity index (χ3v) is 9.19. The Labute approximate surface area is 300 Å². The first-order chi connectivity index (χ1) is 24.6. The van der Waals surface area contributed by atoms with Gasteiger partial charge in [0, 0.05) is 5.92 Å². The molecule has 10 heteroatoms. The lowest BCUT2D eigenvalue weighted by molar-refractivity contribution is -0.228. The van der Waals surface area contributed by atoms with Crippen molar-refractivity contribution >= 4 is 5.97 Å². The maximum absolute atomic E-state index is 14.1. The summed E-state index contributed by atoms with van der Waals surface area (Å²) < 4.78 is 56.3. The van der Waals surface area contributed by atoms with E-state index < -0.39 is 66.4 Å². The molecule has 0 bridgehead atoms. The van der Waals surface area contributed by atoms with Gasteiger partial charge >= 0.3 is 5.97 Å². The first-order valence-corrected chi connectivity index (χ1v) is 17.7. The number of fused-ring (bicyclic) bond motifs is 1. The fraction of sp³-hybridized carbons (Fsp3) is 0.488. The van der Waals surface area contributed by atoms with Crippen LogP contribution >= 0.6 is 0 Å². The summed E-state index contributed by atoms with van der Waals surface area (Å²) in [5.41, 5.74) is 2.94. The third kappa shape index (κ3) is 10.1. The number of carbonyl (C=O) groups excluding carboxylic acids is 1. The molecule has 0 aliphatic carbocycles. The van der Waals surface area contributed by atoms with Crippen molar-refractivity contribution in [2.24, 2.45) is 5.92 Å². The van der Waals surface area contributed by atoms with E-state index in [4.69, 9.17) is 42.6 Å². The second-order valence-corrected chi connectivity index (χ2v) is 14.1. The number of benzene rings is 3. The summed E-state index contributed by atoms with van der Waals surface area (Å²) in [7, 11) is 0. The van der Waals surface area contributed by atoms with Gasteiger partial charge in [-0.2, -0.15) is 0 Å². The molecule has 3 aliphatic heterocycles. The SMILES string of the molecule is C=C[C@@H](OCc1ccccc1)[C@H](OCc1ccccc1)[C@@H](COCc1ccccc1)OC(=O)C[C@H]1[C@H]2OC(C)(C)O[C@H]2O[C@@H]1[C@H]1COC(C)(C)O1. The molecule has 3 heterocycles. The zero-order valence-electron chi connectivity index (χ0n) is 29.9. The van der Waals surface area contributed by atoms with E-state index in [0.717, 1.165) is 16.7 Å². The summed E-state index contributed by atoms with van der Waals surface area (Å²) in [6.45, 7) is 12.7. The fourth-order valence-electron chi connectivity index (χ4n) is 6.78. The lowest BCUT2D eigenvalue weighted by Gasteiger charge is -2.33. The van der Waals surface area contributed by atoms with Crippen molar-refractivity contribution in [3.8, 4) is 0 Å². The highest BCUT2D eigenvalue weighted by molar-refractivity contribution is 5.70. The van der Waals surface area contributed by atoms with Gasteiger partial charge in [0.2, 0.25) is 0 Å². The van der Waals surface area contributed by atoms with Crippen molar-refractivity contribution in [2.75, 3.05) is 13.2 Å². The van der Waals surface area contributed by atoms with Gasteiger partial charge in [0.05, 0.1) is 45.6 Å². The highest BCUT2D eigenvalue weighted by atomic mass is 16.8. The molecule has 0 saturated carbocycles. The highest BCUT2D eigenvalue weighted by Crippen LogP contribution is 2.45.